The van der Waals surface area contributed by atoms with Crippen LogP contribution >= 0.6 is 0 Å². The average Bonchev–Trinajstić information content (AvgIpc) is 3.21. The fraction of sp³-hybridized carbons (Fsp3) is 0.500. The number of sulfonamides is 1. The van der Waals surface area contributed by atoms with Crippen LogP contribution in [-0.4, -0.2) is 71.6 Å². The standard InChI is InChI=1S/C18H20F3N5O6S/c19-18(20,21)33(29,30)25-9-7-23(8-10-25)13-1-3-14(4-2-13)31-12-15-5-6-24-11-16(26(27)28)22-17(24)32-15/h1-4,11,15H,5-10,12H2/t15-/m1/s1. The molecule has 0 saturated carbocycles. The molecule has 1 saturated heterocycles. The van der Waals surface area contributed by atoms with Crippen LogP contribution in [0.5, 0.6) is 11.8 Å². The molecule has 2 aliphatic heterocycles. The minimum absolute atomic E-state index is 0.129. The molecule has 33 heavy (non-hydrogen) atoms. The summed E-state index contributed by atoms with van der Waals surface area (Å²) < 4.78 is 74.5. The number of fused-ring (bicyclic) bond motifs is 1. The molecule has 2 aromatic rings. The summed E-state index contributed by atoms with van der Waals surface area (Å²) in [5.74, 6) is 0.263. The molecule has 0 unspecified atom stereocenters. The quantitative estimate of drug-likeness (QED) is 0.445. The van der Waals surface area contributed by atoms with Gasteiger partial charge in [0, 0.05) is 49.8 Å². The summed E-state index contributed by atoms with van der Waals surface area (Å²) in [5.41, 5.74) is -4.57. The van der Waals surface area contributed by atoms with Gasteiger partial charge in [-0.25, -0.2) is 8.42 Å². The van der Waals surface area contributed by atoms with Gasteiger partial charge in [0.25, 0.3) is 0 Å². The highest BCUT2D eigenvalue weighted by molar-refractivity contribution is 7.90. The van der Waals surface area contributed by atoms with E-state index in [1.165, 1.54) is 6.20 Å². The number of nitro groups is 1. The van der Waals surface area contributed by atoms with Crippen molar-refractivity contribution >= 4 is 21.5 Å². The molecule has 3 heterocycles. The first-order chi connectivity index (χ1) is 15.5. The van der Waals surface area contributed by atoms with Gasteiger partial charge in [-0.2, -0.15) is 17.5 Å². The summed E-state index contributed by atoms with van der Waals surface area (Å²) >= 11 is 0. The lowest BCUT2D eigenvalue weighted by Gasteiger charge is -2.35. The number of hydrogen-bond acceptors (Lipinski definition) is 8. The Bertz CT molecular complexity index is 1110. The van der Waals surface area contributed by atoms with E-state index in [1.54, 1.807) is 33.7 Å². The Labute approximate surface area is 186 Å². The van der Waals surface area contributed by atoms with Crippen LogP contribution in [0.3, 0.4) is 0 Å². The van der Waals surface area contributed by atoms with E-state index >= 15 is 0 Å². The third kappa shape index (κ3) is 4.83. The molecule has 0 spiro atoms. The number of ether oxygens (including phenoxy) is 2. The molecule has 1 aromatic carbocycles. The van der Waals surface area contributed by atoms with Gasteiger partial charge in [0.1, 0.15) is 24.7 Å². The zero-order chi connectivity index (χ0) is 23.8. The lowest BCUT2D eigenvalue weighted by molar-refractivity contribution is -0.389. The monoisotopic (exact) mass is 491 g/mol. The molecule has 0 N–H and O–H groups in total. The first-order valence-electron chi connectivity index (χ1n) is 9.97. The zero-order valence-electron chi connectivity index (χ0n) is 17.1. The first kappa shape index (κ1) is 23.1. The largest absolute Gasteiger partial charge is 0.511 e. The Hall–Kier alpha value is -3.07. The van der Waals surface area contributed by atoms with Crippen LogP contribution in [0.1, 0.15) is 6.42 Å². The summed E-state index contributed by atoms with van der Waals surface area (Å²) in [5, 5.41) is 10.8. The van der Waals surface area contributed by atoms with Crippen LogP contribution in [-0.2, 0) is 16.6 Å². The molecule has 1 atom stereocenters. The van der Waals surface area contributed by atoms with Gasteiger partial charge < -0.3 is 24.5 Å². The predicted molar refractivity (Wildman–Crippen MR) is 109 cm³/mol. The lowest BCUT2D eigenvalue weighted by atomic mass is 10.2. The van der Waals surface area contributed by atoms with Crippen molar-refractivity contribution in [2.75, 3.05) is 37.7 Å². The van der Waals surface area contributed by atoms with Crippen LogP contribution in [0.4, 0.5) is 24.7 Å². The molecule has 4 rings (SSSR count). The van der Waals surface area contributed by atoms with Crippen LogP contribution in [0, 0.1) is 10.1 Å². The van der Waals surface area contributed by atoms with Gasteiger partial charge in [0.15, 0.2) is 0 Å². The van der Waals surface area contributed by atoms with E-state index in [4.69, 9.17) is 9.47 Å². The van der Waals surface area contributed by atoms with Crippen LogP contribution in [0.15, 0.2) is 30.5 Å². The Morgan fingerprint density at radius 2 is 1.82 bits per heavy atom. The molecule has 11 nitrogen and oxygen atoms in total. The van der Waals surface area contributed by atoms with E-state index in [0.717, 1.165) is 5.69 Å². The second kappa shape index (κ2) is 8.70. The Morgan fingerprint density at radius 1 is 1.15 bits per heavy atom. The smallest absolute Gasteiger partial charge is 0.490 e. The normalized spacial score (nSPS) is 19.6. The molecule has 0 amide bonds. The van der Waals surface area contributed by atoms with Crippen molar-refractivity contribution in [3.8, 4) is 11.8 Å². The Morgan fingerprint density at radius 3 is 2.42 bits per heavy atom. The number of piperazine rings is 1. The molecule has 1 aromatic heterocycles. The van der Waals surface area contributed by atoms with Gasteiger partial charge in [0.05, 0.1) is 0 Å². The molecule has 180 valence electrons. The number of imidazole rings is 1. The minimum Gasteiger partial charge on any atom is -0.490 e. The zero-order valence-corrected chi connectivity index (χ0v) is 18.0. The summed E-state index contributed by atoms with van der Waals surface area (Å²) in [6.07, 6.45) is 1.58. The third-order valence-corrected chi connectivity index (χ3v) is 7.02. The number of nitrogens with zero attached hydrogens (tertiary/aromatic N) is 5. The number of aryl methyl sites for hydroxylation is 1. The van der Waals surface area contributed by atoms with Crippen molar-refractivity contribution < 1.29 is 36.0 Å². The second-order valence-corrected chi connectivity index (χ2v) is 9.43. The fourth-order valence-corrected chi connectivity index (χ4v) is 4.55. The van der Waals surface area contributed by atoms with E-state index in [1.807, 2.05) is 0 Å². The topological polar surface area (TPSA) is 120 Å². The number of aromatic nitrogens is 2. The van der Waals surface area contributed by atoms with Gasteiger partial charge in [-0.15, -0.1) is 0 Å². The van der Waals surface area contributed by atoms with Crippen LogP contribution < -0.4 is 14.4 Å². The SMILES string of the molecule is O=[N+]([O-])c1cn2c(n1)O[C@@H](COc1ccc(N3CCN(S(=O)(=O)C(F)(F)F)CC3)cc1)CC2. The first-order valence-corrected chi connectivity index (χ1v) is 11.4. The molecular weight excluding hydrogens is 471 g/mol. The van der Waals surface area contributed by atoms with Crippen molar-refractivity contribution in [3.05, 3.63) is 40.6 Å². The number of rotatable bonds is 6. The predicted octanol–water partition coefficient (Wildman–Crippen LogP) is 1.99. The van der Waals surface area contributed by atoms with Gasteiger partial charge in [-0.3, -0.25) is 4.57 Å². The van der Waals surface area contributed by atoms with E-state index in [0.29, 0.717) is 23.0 Å². The molecule has 2 aliphatic rings. The van der Waals surface area contributed by atoms with Gasteiger partial charge in [-0.05, 0) is 29.2 Å². The average molecular weight is 491 g/mol. The minimum atomic E-state index is -5.32. The maximum absolute atomic E-state index is 12.7. The van der Waals surface area contributed by atoms with E-state index in [9.17, 15) is 31.7 Å². The van der Waals surface area contributed by atoms with Crippen LogP contribution in [0.2, 0.25) is 0 Å². The highest BCUT2D eigenvalue weighted by atomic mass is 32.2. The number of alkyl halides is 3. The maximum atomic E-state index is 12.7. The number of anilines is 1. The summed E-state index contributed by atoms with van der Waals surface area (Å²) in [4.78, 5) is 15.9. The van der Waals surface area contributed by atoms with Gasteiger partial charge in [-0.1, -0.05) is 0 Å². The second-order valence-electron chi connectivity index (χ2n) is 7.50. The molecule has 15 heteroatoms. The number of hydrogen-bond donors (Lipinski definition) is 0. The fourth-order valence-electron chi connectivity index (χ4n) is 3.61. The van der Waals surface area contributed by atoms with E-state index < -0.39 is 20.5 Å². The van der Waals surface area contributed by atoms with Crippen molar-refractivity contribution in [1.29, 1.82) is 0 Å². The van der Waals surface area contributed by atoms with Crippen molar-refractivity contribution in [1.82, 2.24) is 13.9 Å². The maximum Gasteiger partial charge on any atom is 0.511 e. The molecule has 0 bridgehead atoms. The lowest BCUT2D eigenvalue weighted by Crippen LogP contribution is -2.52. The highest BCUT2D eigenvalue weighted by Crippen LogP contribution is 2.29. The Kier molecular flexibility index (Phi) is 6.09. The Balaban J connectivity index is 1.28. The molecule has 0 radical (unpaired) electrons. The van der Waals surface area contributed by atoms with Crippen LogP contribution in [0.25, 0.3) is 0 Å². The van der Waals surface area contributed by atoms with Crippen molar-refractivity contribution in [3.63, 3.8) is 0 Å². The van der Waals surface area contributed by atoms with E-state index in [2.05, 4.69) is 4.98 Å². The molecular formula is C18H20F3N5O6S. The molecule has 1 fully saturated rings. The van der Waals surface area contributed by atoms with E-state index in [-0.39, 0.29) is 50.7 Å². The number of halogens is 3. The summed E-state index contributed by atoms with van der Waals surface area (Å²) in [6.45, 7) is 0.460. The summed E-state index contributed by atoms with van der Waals surface area (Å²) in [6, 6.07) is 7.04. The third-order valence-electron chi connectivity index (χ3n) is 5.39. The highest BCUT2D eigenvalue weighted by Gasteiger charge is 2.50. The summed E-state index contributed by atoms with van der Waals surface area (Å²) in [7, 11) is -5.32. The van der Waals surface area contributed by atoms with Crippen molar-refractivity contribution in [2.24, 2.45) is 0 Å². The van der Waals surface area contributed by atoms with Gasteiger partial charge >= 0.3 is 27.4 Å². The van der Waals surface area contributed by atoms with Crippen molar-refractivity contribution in [2.45, 2.75) is 24.6 Å². The number of benzene rings is 1. The molecule has 0 aliphatic carbocycles. The van der Waals surface area contributed by atoms with Gasteiger partial charge in [0.2, 0.25) is 0 Å².